The highest BCUT2D eigenvalue weighted by Crippen LogP contribution is 2.24. The minimum atomic E-state index is -2.86. The van der Waals surface area contributed by atoms with Crippen LogP contribution in [0, 0.1) is 0 Å². The first-order valence-electron chi connectivity index (χ1n) is 9.19. The molecule has 2 aromatic rings. The van der Waals surface area contributed by atoms with E-state index in [1.54, 1.807) is 36.1 Å². The molecule has 0 bridgehead atoms. The largest absolute Gasteiger partial charge is 0.462 e. The first-order chi connectivity index (χ1) is 13.9. The van der Waals surface area contributed by atoms with E-state index < -0.39 is 18.1 Å². The highest BCUT2D eigenvalue weighted by molar-refractivity contribution is 6.30. The fourth-order valence-corrected chi connectivity index (χ4v) is 3.29. The van der Waals surface area contributed by atoms with Gasteiger partial charge in [0, 0.05) is 36.8 Å². The topological polar surface area (TPSA) is 67.7 Å². The van der Waals surface area contributed by atoms with Crippen molar-refractivity contribution in [3.8, 4) is 0 Å². The number of nitrogens with zero attached hydrogens (tertiary/aromatic N) is 4. The molecule has 1 fully saturated rings. The summed E-state index contributed by atoms with van der Waals surface area (Å²) in [7, 11) is 0. The van der Waals surface area contributed by atoms with Gasteiger partial charge in [0.15, 0.2) is 0 Å². The molecule has 1 aliphatic heterocycles. The van der Waals surface area contributed by atoms with E-state index in [9.17, 15) is 18.4 Å². The minimum Gasteiger partial charge on any atom is -0.462 e. The number of alkyl halides is 2. The van der Waals surface area contributed by atoms with Crippen LogP contribution in [0.15, 0.2) is 30.5 Å². The third-order valence-corrected chi connectivity index (χ3v) is 4.92. The number of benzene rings is 1. The lowest BCUT2D eigenvalue weighted by atomic mass is 10.2. The molecule has 10 heteroatoms. The predicted molar refractivity (Wildman–Crippen MR) is 102 cm³/mol. The van der Waals surface area contributed by atoms with Crippen molar-refractivity contribution in [3.05, 3.63) is 52.3 Å². The molecule has 0 aliphatic carbocycles. The number of ether oxygens (including phenoxy) is 1. The lowest BCUT2D eigenvalue weighted by Gasteiger charge is -2.34. The molecule has 1 saturated heterocycles. The fourth-order valence-electron chi connectivity index (χ4n) is 3.16. The third-order valence-electron chi connectivity index (χ3n) is 4.67. The van der Waals surface area contributed by atoms with Crippen LogP contribution in [-0.2, 0) is 11.4 Å². The number of carbonyl (C=O) groups excluding carboxylic acids is 2. The van der Waals surface area contributed by atoms with E-state index in [-0.39, 0.29) is 24.7 Å². The second-order valence-corrected chi connectivity index (χ2v) is 6.96. The Hall–Kier alpha value is -2.52. The van der Waals surface area contributed by atoms with Crippen LogP contribution in [0.25, 0.3) is 0 Å². The Bertz CT molecular complexity index is 865. The van der Waals surface area contributed by atoms with Gasteiger partial charge in [-0.1, -0.05) is 11.6 Å². The van der Waals surface area contributed by atoms with Gasteiger partial charge >= 0.3 is 5.97 Å². The number of hydrogen-bond acceptors (Lipinski definition) is 5. The zero-order valence-corrected chi connectivity index (χ0v) is 16.6. The van der Waals surface area contributed by atoms with Gasteiger partial charge in [0.25, 0.3) is 12.3 Å². The van der Waals surface area contributed by atoms with Gasteiger partial charge in [0.05, 0.1) is 19.5 Å². The average Bonchev–Trinajstić information content (AvgIpc) is 3.13. The van der Waals surface area contributed by atoms with Crippen LogP contribution < -0.4 is 0 Å². The standard InChI is InChI=1S/C19H21ClF2N4O3/c1-2-29-19(28)15-11-23-26(16(15)17(21)22)12-24-7-9-25(10-8-24)18(27)13-3-5-14(20)6-4-13/h3-6,11,17H,2,7-10,12H2,1H3. The number of halogens is 3. The van der Waals surface area contributed by atoms with Gasteiger partial charge in [-0.2, -0.15) is 5.10 Å². The molecule has 156 valence electrons. The smallest absolute Gasteiger partial charge is 0.341 e. The molecule has 1 amide bonds. The average molecular weight is 427 g/mol. The summed E-state index contributed by atoms with van der Waals surface area (Å²) >= 11 is 5.85. The lowest BCUT2D eigenvalue weighted by molar-refractivity contribution is 0.0500. The van der Waals surface area contributed by atoms with Gasteiger partial charge < -0.3 is 9.64 Å². The molecular formula is C19H21ClF2N4O3. The van der Waals surface area contributed by atoms with E-state index in [1.807, 2.05) is 4.90 Å². The number of esters is 1. The Balaban J connectivity index is 1.63. The van der Waals surface area contributed by atoms with Crippen molar-refractivity contribution in [2.75, 3.05) is 32.8 Å². The summed E-state index contributed by atoms with van der Waals surface area (Å²) in [4.78, 5) is 28.0. The minimum absolute atomic E-state index is 0.0936. The predicted octanol–water partition coefficient (Wildman–Crippen LogP) is 3.07. The van der Waals surface area contributed by atoms with E-state index in [0.717, 1.165) is 10.9 Å². The Labute approximate surface area is 171 Å². The van der Waals surface area contributed by atoms with Crippen LogP contribution in [0.1, 0.15) is 39.8 Å². The molecule has 0 atom stereocenters. The van der Waals surface area contributed by atoms with Crippen LogP contribution in [0.4, 0.5) is 8.78 Å². The number of rotatable bonds is 6. The maximum Gasteiger partial charge on any atom is 0.341 e. The molecule has 2 heterocycles. The second kappa shape index (κ2) is 9.32. The van der Waals surface area contributed by atoms with E-state index in [2.05, 4.69) is 5.10 Å². The molecule has 29 heavy (non-hydrogen) atoms. The van der Waals surface area contributed by atoms with Gasteiger partial charge in [-0.25, -0.2) is 18.3 Å². The molecule has 0 radical (unpaired) electrons. The maximum atomic E-state index is 13.5. The van der Waals surface area contributed by atoms with Gasteiger partial charge in [-0.3, -0.25) is 9.69 Å². The Morgan fingerprint density at radius 3 is 2.41 bits per heavy atom. The van der Waals surface area contributed by atoms with Crippen molar-refractivity contribution in [1.29, 1.82) is 0 Å². The van der Waals surface area contributed by atoms with Gasteiger partial charge in [-0.05, 0) is 31.2 Å². The molecule has 3 rings (SSSR count). The van der Waals surface area contributed by atoms with Crippen molar-refractivity contribution >= 4 is 23.5 Å². The molecular weight excluding hydrogens is 406 g/mol. The van der Waals surface area contributed by atoms with Crippen molar-refractivity contribution < 1.29 is 23.1 Å². The Morgan fingerprint density at radius 1 is 1.17 bits per heavy atom. The van der Waals surface area contributed by atoms with Crippen LogP contribution >= 0.6 is 11.6 Å². The van der Waals surface area contributed by atoms with Gasteiger partial charge in [0.1, 0.15) is 11.3 Å². The van der Waals surface area contributed by atoms with Crippen LogP contribution in [-0.4, -0.2) is 64.2 Å². The van der Waals surface area contributed by atoms with Crippen LogP contribution in [0.3, 0.4) is 0 Å². The molecule has 0 spiro atoms. The monoisotopic (exact) mass is 426 g/mol. The number of hydrogen-bond donors (Lipinski definition) is 0. The Kier molecular flexibility index (Phi) is 6.81. The number of piperazine rings is 1. The fraction of sp³-hybridized carbons (Fsp3) is 0.421. The lowest BCUT2D eigenvalue weighted by Crippen LogP contribution is -2.49. The highest BCUT2D eigenvalue weighted by Gasteiger charge is 2.28. The SMILES string of the molecule is CCOC(=O)c1cnn(CN2CCN(C(=O)c3ccc(Cl)cc3)CC2)c1C(F)F. The molecule has 1 aliphatic rings. The summed E-state index contributed by atoms with van der Waals surface area (Å²) in [5.74, 6) is -0.911. The van der Waals surface area contributed by atoms with Crippen molar-refractivity contribution in [1.82, 2.24) is 19.6 Å². The van der Waals surface area contributed by atoms with Gasteiger partial charge in [-0.15, -0.1) is 0 Å². The van der Waals surface area contributed by atoms with E-state index >= 15 is 0 Å². The first kappa shape index (κ1) is 21.2. The summed E-state index contributed by atoms with van der Waals surface area (Å²) in [6.45, 7) is 3.70. The molecule has 7 nitrogen and oxygen atoms in total. The Morgan fingerprint density at radius 2 is 1.83 bits per heavy atom. The molecule has 0 saturated carbocycles. The zero-order valence-electron chi connectivity index (χ0n) is 15.9. The van der Waals surface area contributed by atoms with Crippen molar-refractivity contribution in [3.63, 3.8) is 0 Å². The van der Waals surface area contributed by atoms with E-state index in [1.165, 1.54) is 0 Å². The summed E-state index contributed by atoms with van der Waals surface area (Å²) in [6, 6.07) is 6.67. The molecule has 1 aromatic heterocycles. The normalized spacial score (nSPS) is 15.0. The van der Waals surface area contributed by atoms with E-state index in [4.69, 9.17) is 16.3 Å². The maximum absolute atomic E-state index is 13.5. The van der Waals surface area contributed by atoms with E-state index in [0.29, 0.717) is 36.8 Å². The molecule has 0 N–H and O–H groups in total. The van der Waals surface area contributed by atoms with Crippen LogP contribution in [0.2, 0.25) is 5.02 Å². The third kappa shape index (κ3) is 4.91. The number of amides is 1. The highest BCUT2D eigenvalue weighted by atomic mass is 35.5. The molecule has 1 aromatic carbocycles. The summed E-state index contributed by atoms with van der Waals surface area (Å²) in [5.41, 5.74) is -0.129. The second-order valence-electron chi connectivity index (χ2n) is 6.52. The number of aromatic nitrogens is 2. The first-order valence-corrected chi connectivity index (χ1v) is 9.56. The van der Waals surface area contributed by atoms with Crippen molar-refractivity contribution in [2.45, 2.75) is 20.0 Å². The number of carbonyl (C=O) groups is 2. The summed E-state index contributed by atoms with van der Waals surface area (Å²) < 4.78 is 33.0. The van der Waals surface area contributed by atoms with Crippen LogP contribution in [0.5, 0.6) is 0 Å². The van der Waals surface area contributed by atoms with Gasteiger partial charge in [0.2, 0.25) is 0 Å². The quantitative estimate of drug-likeness (QED) is 0.664. The summed E-state index contributed by atoms with van der Waals surface area (Å²) in [6.07, 6.45) is -1.75. The summed E-state index contributed by atoms with van der Waals surface area (Å²) in [5, 5.41) is 4.50. The zero-order chi connectivity index (χ0) is 21.0. The van der Waals surface area contributed by atoms with Crippen molar-refractivity contribution in [2.24, 2.45) is 0 Å². The molecule has 0 unspecified atom stereocenters.